The summed E-state index contributed by atoms with van der Waals surface area (Å²) in [6.45, 7) is 2.07. The van der Waals surface area contributed by atoms with Crippen LogP contribution in [-0.2, 0) is 11.2 Å². The lowest BCUT2D eigenvalue weighted by molar-refractivity contribution is -0.116. The second-order valence-corrected chi connectivity index (χ2v) is 6.17. The molecule has 110 valence electrons. The molecule has 2 N–H and O–H groups in total. The van der Waals surface area contributed by atoms with E-state index >= 15 is 0 Å². The van der Waals surface area contributed by atoms with E-state index in [0.29, 0.717) is 12.1 Å². The maximum absolute atomic E-state index is 11.8. The van der Waals surface area contributed by atoms with Crippen molar-refractivity contribution in [1.29, 1.82) is 0 Å². The zero-order valence-corrected chi connectivity index (χ0v) is 12.6. The molecule has 2 rings (SSSR count). The molecule has 0 aliphatic heterocycles. The van der Waals surface area contributed by atoms with Crippen LogP contribution in [0, 0.1) is 6.92 Å². The number of amides is 1. The maximum atomic E-state index is 11.8. The number of carbonyl (C=O) groups is 2. The van der Waals surface area contributed by atoms with Gasteiger partial charge >= 0.3 is 5.97 Å². The number of thiophene rings is 1. The summed E-state index contributed by atoms with van der Waals surface area (Å²) in [5, 5.41) is 11.6. The van der Waals surface area contributed by atoms with Crippen LogP contribution >= 0.6 is 11.3 Å². The summed E-state index contributed by atoms with van der Waals surface area (Å²) in [7, 11) is 0. The molecule has 1 aromatic carbocycles. The Hall–Kier alpha value is -2.14. The van der Waals surface area contributed by atoms with Crippen LogP contribution in [0.3, 0.4) is 0 Å². The molecule has 4 nitrogen and oxygen atoms in total. The van der Waals surface area contributed by atoms with E-state index in [4.69, 9.17) is 5.11 Å². The molecule has 5 heteroatoms. The summed E-state index contributed by atoms with van der Waals surface area (Å²) in [4.78, 5) is 25.3. The molecule has 0 unspecified atom stereocenters. The summed E-state index contributed by atoms with van der Waals surface area (Å²) >= 11 is 1.75. The van der Waals surface area contributed by atoms with Gasteiger partial charge in [0.2, 0.25) is 5.91 Å². The van der Waals surface area contributed by atoms with Gasteiger partial charge in [0.1, 0.15) is 0 Å². The molecule has 1 aromatic heterocycles. The number of aromatic carboxylic acids is 1. The summed E-state index contributed by atoms with van der Waals surface area (Å²) in [6, 6.07) is 10.4. The highest BCUT2D eigenvalue weighted by atomic mass is 32.1. The summed E-state index contributed by atoms with van der Waals surface area (Å²) in [5.41, 5.74) is 0.689. The summed E-state index contributed by atoms with van der Waals surface area (Å²) in [5.74, 6) is -1.09. The molecule has 0 atom stereocenters. The number of hydrogen-bond acceptors (Lipinski definition) is 3. The predicted molar refractivity (Wildman–Crippen MR) is 84.0 cm³/mol. The van der Waals surface area contributed by atoms with Crippen LogP contribution < -0.4 is 5.32 Å². The summed E-state index contributed by atoms with van der Waals surface area (Å²) in [6.07, 6.45) is 2.10. The Balaban J connectivity index is 1.81. The van der Waals surface area contributed by atoms with Crippen molar-refractivity contribution in [2.24, 2.45) is 0 Å². The number of rotatable bonds is 6. The summed E-state index contributed by atoms with van der Waals surface area (Å²) < 4.78 is 0. The monoisotopic (exact) mass is 303 g/mol. The minimum absolute atomic E-state index is 0.0918. The highest BCUT2D eigenvalue weighted by molar-refractivity contribution is 7.11. The fraction of sp³-hybridized carbons (Fsp3) is 0.250. The number of benzene rings is 1. The SMILES string of the molecule is Cc1ccc(CCCC(=O)Nc2cccc(C(=O)O)c2)s1. The fourth-order valence-electron chi connectivity index (χ4n) is 2.00. The third kappa shape index (κ3) is 4.72. The Labute approximate surface area is 127 Å². The second-order valence-electron chi connectivity index (χ2n) is 4.80. The van der Waals surface area contributed by atoms with Crippen LogP contribution in [0.5, 0.6) is 0 Å². The maximum Gasteiger partial charge on any atom is 0.335 e. The standard InChI is InChI=1S/C16H17NO3S/c1-11-8-9-14(21-11)6-3-7-15(18)17-13-5-2-4-12(10-13)16(19)20/h2,4-5,8-10H,3,6-7H2,1H3,(H,17,18)(H,19,20). The van der Waals surface area contributed by atoms with Crippen LogP contribution in [-0.4, -0.2) is 17.0 Å². The van der Waals surface area contributed by atoms with Crippen LogP contribution in [0.1, 0.15) is 33.0 Å². The second kappa shape index (κ2) is 7.04. The topological polar surface area (TPSA) is 66.4 Å². The molecule has 1 amide bonds. The molecule has 0 aliphatic carbocycles. The van der Waals surface area contributed by atoms with E-state index in [0.717, 1.165) is 12.8 Å². The molecule has 0 spiro atoms. The van der Waals surface area contributed by atoms with Crippen molar-refractivity contribution < 1.29 is 14.7 Å². The first kappa shape index (κ1) is 15.3. The number of hydrogen-bond donors (Lipinski definition) is 2. The van der Waals surface area contributed by atoms with E-state index in [-0.39, 0.29) is 11.5 Å². The smallest absolute Gasteiger partial charge is 0.335 e. The lowest BCUT2D eigenvalue weighted by atomic mass is 10.2. The van der Waals surface area contributed by atoms with Crippen LogP contribution in [0.25, 0.3) is 0 Å². The van der Waals surface area contributed by atoms with Gasteiger partial charge in [-0.2, -0.15) is 0 Å². The lowest BCUT2D eigenvalue weighted by Crippen LogP contribution is -2.12. The predicted octanol–water partition coefficient (Wildman–Crippen LogP) is 3.72. The number of aryl methyl sites for hydroxylation is 2. The van der Waals surface area contributed by atoms with Gasteiger partial charge in [-0.25, -0.2) is 4.79 Å². The van der Waals surface area contributed by atoms with Crippen molar-refractivity contribution >= 4 is 28.9 Å². The van der Waals surface area contributed by atoms with Crippen molar-refractivity contribution in [1.82, 2.24) is 0 Å². The minimum Gasteiger partial charge on any atom is -0.478 e. The zero-order chi connectivity index (χ0) is 15.2. The number of carboxylic acid groups (broad SMARTS) is 1. The van der Waals surface area contributed by atoms with Crippen molar-refractivity contribution in [2.45, 2.75) is 26.2 Å². The first-order valence-electron chi connectivity index (χ1n) is 6.73. The molecule has 1 heterocycles. The van der Waals surface area contributed by atoms with Gasteiger partial charge in [-0.15, -0.1) is 11.3 Å². The fourth-order valence-corrected chi connectivity index (χ4v) is 2.93. The molecule has 0 fully saturated rings. The minimum atomic E-state index is -1.00. The molecule has 0 radical (unpaired) electrons. The van der Waals surface area contributed by atoms with Crippen molar-refractivity contribution in [3.63, 3.8) is 0 Å². The van der Waals surface area contributed by atoms with Crippen molar-refractivity contribution in [2.75, 3.05) is 5.32 Å². The first-order chi connectivity index (χ1) is 10.0. The third-order valence-corrected chi connectivity index (χ3v) is 4.08. The molecule has 21 heavy (non-hydrogen) atoms. The van der Waals surface area contributed by atoms with E-state index in [1.165, 1.54) is 21.9 Å². The largest absolute Gasteiger partial charge is 0.478 e. The molecular weight excluding hydrogens is 286 g/mol. The van der Waals surface area contributed by atoms with E-state index in [2.05, 4.69) is 24.4 Å². The highest BCUT2D eigenvalue weighted by Gasteiger charge is 2.06. The zero-order valence-electron chi connectivity index (χ0n) is 11.8. The quantitative estimate of drug-likeness (QED) is 0.854. The highest BCUT2D eigenvalue weighted by Crippen LogP contribution is 2.17. The number of nitrogens with one attached hydrogen (secondary N) is 1. The van der Waals surface area contributed by atoms with Gasteiger partial charge < -0.3 is 10.4 Å². The van der Waals surface area contributed by atoms with Gasteiger partial charge in [0.05, 0.1) is 5.56 Å². The average Bonchev–Trinajstić information content (AvgIpc) is 2.84. The van der Waals surface area contributed by atoms with Crippen LogP contribution in [0.15, 0.2) is 36.4 Å². The van der Waals surface area contributed by atoms with E-state index < -0.39 is 5.97 Å². The van der Waals surface area contributed by atoms with Crippen molar-refractivity contribution in [3.8, 4) is 0 Å². The molecular formula is C16H17NO3S. The molecule has 2 aromatic rings. The number of carbonyl (C=O) groups excluding carboxylic acids is 1. The lowest BCUT2D eigenvalue weighted by Gasteiger charge is -2.05. The Morgan fingerprint density at radius 3 is 2.71 bits per heavy atom. The van der Waals surface area contributed by atoms with E-state index in [1.54, 1.807) is 23.5 Å². The Morgan fingerprint density at radius 2 is 2.05 bits per heavy atom. The van der Waals surface area contributed by atoms with Gasteiger partial charge in [0, 0.05) is 21.9 Å². The number of carboxylic acids is 1. The molecule has 0 bridgehead atoms. The van der Waals surface area contributed by atoms with Crippen LogP contribution in [0.2, 0.25) is 0 Å². The molecule has 0 saturated carbocycles. The molecule has 0 aliphatic rings. The number of anilines is 1. The van der Waals surface area contributed by atoms with Crippen LogP contribution in [0.4, 0.5) is 5.69 Å². The normalized spacial score (nSPS) is 10.3. The van der Waals surface area contributed by atoms with Gasteiger partial charge in [-0.1, -0.05) is 6.07 Å². The van der Waals surface area contributed by atoms with E-state index in [1.807, 2.05) is 0 Å². The van der Waals surface area contributed by atoms with Gasteiger partial charge in [0.15, 0.2) is 0 Å². The Morgan fingerprint density at radius 1 is 1.24 bits per heavy atom. The average molecular weight is 303 g/mol. The molecule has 0 saturated heterocycles. The Kier molecular flexibility index (Phi) is 5.11. The van der Waals surface area contributed by atoms with Crippen molar-refractivity contribution in [3.05, 3.63) is 51.7 Å². The van der Waals surface area contributed by atoms with E-state index in [9.17, 15) is 9.59 Å². The van der Waals surface area contributed by atoms with Gasteiger partial charge in [0.25, 0.3) is 0 Å². The van der Waals surface area contributed by atoms with Gasteiger partial charge in [-0.3, -0.25) is 4.79 Å². The first-order valence-corrected chi connectivity index (χ1v) is 7.55. The Bertz CT molecular complexity index is 648. The third-order valence-electron chi connectivity index (χ3n) is 3.02. The van der Waals surface area contributed by atoms with Gasteiger partial charge in [-0.05, 0) is 50.1 Å².